The van der Waals surface area contributed by atoms with Crippen molar-refractivity contribution in [3.63, 3.8) is 0 Å². The molecule has 1 spiro atoms. The lowest BCUT2D eigenvalue weighted by Crippen LogP contribution is -2.56. The lowest BCUT2D eigenvalue weighted by atomic mass is 9.71. The average Bonchev–Trinajstić information content (AvgIpc) is 1.85. The predicted octanol–water partition coefficient (Wildman–Crippen LogP) is 2.07. The Labute approximate surface area is 63.2 Å². The lowest BCUT2D eigenvalue weighted by molar-refractivity contribution is 0.118. The normalized spacial score (nSPS) is 37.5. The second-order valence-electron chi connectivity index (χ2n) is 4.07. The van der Waals surface area contributed by atoms with Gasteiger partial charge >= 0.3 is 0 Å². The van der Waals surface area contributed by atoms with Crippen LogP contribution in [0.4, 0.5) is 0 Å². The highest BCUT2D eigenvalue weighted by Gasteiger charge is 2.39. The molecule has 2 aliphatic rings. The summed E-state index contributed by atoms with van der Waals surface area (Å²) >= 11 is 0. The summed E-state index contributed by atoms with van der Waals surface area (Å²) in [5, 5.41) is 3.73. The summed E-state index contributed by atoms with van der Waals surface area (Å²) in [6.07, 6.45) is 8.63. The van der Waals surface area contributed by atoms with Crippen LogP contribution < -0.4 is 5.32 Å². The maximum absolute atomic E-state index is 3.73. The minimum Gasteiger partial charge on any atom is -0.309 e. The highest BCUT2D eigenvalue weighted by Crippen LogP contribution is 2.39. The SMILES string of the molecule is C[C@H]1CCCC2(CCC2)N1. The summed E-state index contributed by atoms with van der Waals surface area (Å²) in [6, 6.07) is 0.786. The highest BCUT2D eigenvalue weighted by atomic mass is 15.0. The van der Waals surface area contributed by atoms with E-state index in [4.69, 9.17) is 0 Å². The molecule has 0 unspecified atom stereocenters. The van der Waals surface area contributed by atoms with E-state index in [0.717, 1.165) is 6.04 Å². The molecule has 1 atom stereocenters. The van der Waals surface area contributed by atoms with Crippen LogP contribution in [0.5, 0.6) is 0 Å². The summed E-state index contributed by atoms with van der Waals surface area (Å²) in [4.78, 5) is 0. The Kier molecular flexibility index (Phi) is 1.48. The standard InChI is InChI=1S/C9H17N/c1-8-4-2-5-9(10-8)6-3-7-9/h8,10H,2-7H2,1H3/t8-/m0/s1. The molecule has 0 aromatic carbocycles. The Morgan fingerprint density at radius 3 is 2.30 bits per heavy atom. The first kappa shape index (κ1) is 6.66. The second-order valence-corrected chi connectivity index (χ2v) is 4.07. The largest absolute Gasteiger partial charge is 0.309 e. The zero-order valence-corrected chi connectivity index (χ0v) is 6.82. The zero-order chi connectivity index (χ0) is 7.03. The van der Waals surface area contributed by atoms with Crippen molar-refractivity contribution >= 4 is 0 Å². The fourth-order valence-electron chi connectivity index (χ4n) is 2.41. The molecule has 0 bridgehead atoms. The lowest BCUT2D eigenvalue weighted by Gasteiger charge is -2.48. The van der Waals surface area contributed by atoms with Gasteiger partial charge in [0.1, 0.15) is 0 Å². The molecule has 10 heavy (non-hydrogen) atoms. The first-order chi connectivity index (χ1) is 4.81. The molecule has 2 fully saturated rings. The van der Waals surface area contributed by atoms with E-state index < -0.39 is 0 Å². The van der Waals surface area contributed by atoms with Gasteiger partial charge in [-0.05, 0) is 39.0 Å². The molecule has 1 aliphatic heterocycles. The number of rotatable bonds is 0. The van der Waals surface area contributed by atoms with Gasteiger partial charge in [-0.3, -0.25) is 0 Å². The third-order valence-electron chi connectivity index (χ3n) is 3.16. The van der Waals surface area contributed by atoms with Gasteiger partial charge in [0.2, 0.25) is 0 Å². The van der Waals surface area contributed by atoms with Crippen molar-refractivity contribution in [2.45, 2.75) is 57.0 Å². The molecule has 58 valence electrons. The molecule has 0 radical (unpaired) electrons. The van der Waals surface area contributed by atoms with Crippen LogP contribution >= 0.6 is 0 Å². The van der Waals surface area contributed by atoms with E-state index in [1.807, 2.05) is 0 Å². The van der Waals surface area contributed by atoms with Crippen LogP contribution in [0.1, 0.15) is 45.4 Å². The Bertz CT molecular complexity index is 127. The van der Waals surface area contributed by atoms with Crippen LogP contribution in [-0.2, 0) is 0 Å². The van der Waals surface area contributed by atoms with Crippen molar-refractivity contribution in [1.82, 2.24) is 5.32 Å². The third kappa shape index (κ3) is 0.968. The molecule has 1 heteroatoms. The van der Waals surface area contributed by atoms with E-state index >= 15 is 0 Å². The van der Waals surface area contributed by atoms with E-state index in [9.17, 15) is 0 Å². The highest BCUT2D eigenvalue weighted by molar-refractivity contribution is 4.99. The van der Waals surface area contributed by atoms with E-state index in [-0.39, 0.29) is 0 Å². The number of hydrogen-bond acceptors (Lipinski definition) is 1. The van der Waals surface area contributed by atoms with Gasteiger partial charge in [-0.15, -0.1) is 0 Å². The van der Waals surface area contributed by atoms with Crippen molar-refractivity contribution in [3.8, 4) is 0 Å². The number of nitrogens with one attached hydrogen (secondary N) is 1. The molecule has 2 rings (SSSR count). The minimum absolute atomic E-state index is 0.623. The van der Waals surface area contributed by atoms with Crippen molar-refractivity contribution < 1.29 is 0 Å². The molecule has 1 nitrogen and oxygen atoms in total. The van der Waals surface area contributed by atoms with Crippen LogP contribution in [0.3, 0.4) is 0 Å². The molecular weight excluding hydrogens is 122 g/mol. The first-order valence-corrected chi connectivity index (χ1v) is 4.58. The monoisotopic (exact) mass is 139 g/mol. The van der Waals surface area contributed by atoms with Gasteiger partial charge in [0.05, 0.1) is 0 Å². The first-order valence-electron chi connectivity index (χ1n) is 4.58. The molecule has 0 aromatic rings. The van der Waals surface area contributed by atoms with Gasteiger partial charge in [0.25, 0.3) is 0 Å². The summed E-state index contributed by atoms with van der Waals surface area (Å²) in [5.41, 5.74) is 0.623. The van der Waals surface area contributed by atoms with Crippen LogP contribution in [0, 0.1) is 0 Å². The van der Waals surface area contributed by atoms with Crippen LogP contribution in [0.15, 0.2) is 0 Å². The molecule has 1 heterocycles. The predicted molar refractivity (Wildman–Crippen MR) is 43.0 cm³/mol. The summed E-state index contributed by atoms with van der Waals surface area (Å²) in [5.74, 6) is 0. The maximum atomic E-state index is 3.73. The second kappa shape index (κ2) is 2.23. The fraction of sp³-hybridized carbons (Fsp3) is 1.00. The Morgan fingerprint density at radius 1 is 1.20 bits per heavy atom. The van der Waals surface area contributed by atoms with Gasteiger partial charge in [-0.1, -0.05) is 6.42 Å². The Hall–Kier alpha value is -0.0400. The smallest absolute Gasteiger partial charge is 0.0184 e. The van der Waals surface area contributed by atoms with Gasteiger partial charge in [0, 0.05) is 11.6 Å². The molecule has 0 amide bonds. The Balaban J connectivity index is 1.96. The van der Waals surface area contributed by atoms with E-state index in [2.05, 4.69) is 12.2 Å². The third-order valence-corrected chi connectivity index (χ3v) is 3.16. The van der Waals surface area contributed by atoms with Gasteiger partial charge in [-0.2, -0.15) is 0 Å². The molecule has 1 N–H and O–H groups in total. The van der Waals surface area contributed by atoms with Crippen LogP contribution in [0.2, 0.25) is 0 Å². The summed E-state index contributed by atoms with van der Waals surface area (Å²) in [6.45, 7) is 2.32. The van der Waals surface area contributed by atoms with Crippen molar-refractivity contribution in [2.24, 2.45) is 0 Å². The quantitative estimate of drug-likeness (QED) is 0.541. The minimum atomic E-state index is 0.623. The van der Waals surface area contributed by atoms with Gasteiger partial charge in [-0.25, -0.2) is 0 Å². The van der Waals surface area contributed by atoms with E-state index in [1.54, 1.807) is 0 Å². The molecular formula is C9H17N. The van der Waals surface area contributed by atoms with E-state index in [1.165, 1.54) is 38.5 Å². The summed E-state index contributed by atoms with van der Waals surface area (Å²) < 4.78 is 0. The van der Waals surface area contributed by atoms with Crippen molar-refractivity contribution in [1.29, 1.82) is 0 Å². The van der Waals surface area contributed by atoms with Crippen molar-refractivity contribution in [2.75, 3.05) is 0 Å². The number of hydrogen-bond donors (Lipinski definition) is 1. The average molecular weight is 139 g/mol. The molecule has 1 saturated heterocycles. The maximum Gasteiger partial charge on any atom is 0.0184 e. The number of piperidine rings is 1. The molecule has 0 aromatic heterocycles. The Morgan fingerprint density at radius 2 is 1.90 bits per heavy atom. The van der Waals surface area contributed by atoms with Crippen LogP contribution in [-0.4, -0.2) is 11.6 Å². The van der Waals surface area contributed by atoms with Gasteiger partial charge < -0.3 is 5.32 Å². The van der Waals surface area contributed by atoms with Crippen LogP contribution in [0.25, 0.3) is 0 Å². The zero-order valence-electron chi connectivity index (χ0n) is 6.82. The topological polar surface area (TPSA) is 12.0 Å². The van der Waals surface area contributed by atoms with E-state index in [0.29, 0.717) is 5.54 Å². The fourth-order valence-corrected chi connectivity index (χ4v) is 2.41. The van der Waals surface area contributed by atoms with Gasteiger partial charge in [0.15, 0.2) is 0 Å². The summed E-state index contributed by atoms with van der Waals surface area (Å²) in [7, 11) is 0. The molecule has 1 aliphatic carbocycles. The molecule has 1 saturated carbocycles. The van der Waals surface area contributed by atoms with Crippen molar-refractivity contribution in [3.05, 3.63) is 0 Å².